The minimum atomic E-state index is 0. The van der Waals surface area contributed by atoms with Gasteiger partial charge in [-0.05, 0) is 45.4 Å². The minimum Gasteiger partial charge on any atom is -0.399 e. The summed E-state index contributed by atoms with van der Waals surface area (Å²) in [6.45, 7) is 0. The first-order valence-corrected chi connectivity index (χ1v) is 3.74. The van der Waals surface area contributed by atoms with Crippen LogP contribution in [0.1, 0.15) is 0 Å². The highest BCUT2D eigenvalue weighted by atomic mass is 35.5. The van der Waals surface area contributed by atoms with E-state index in [0.717, 1.165) is 11.4 Å². The highest BCUT2D eigenvalue weighted by Crippen LogP contribution is 2.04. The van der Waals surface area contributed by atoms with E-state index < -0.39 is 0 Å². The van der Waals surface area contributed by atoms with Crippen LogP contribution in [0, 0.1) is 0 Å². The van der Waals surface area contributed by atoms with Crippen LogP contribution in [0.2, 0.25) is 0 Å². The number of nitrogens with zero attached hydrogens (tertiary/aromatic N) is 1. The Balaban J connectivity index is -0.000000180. The zero-order valence-electron chi connectivity index (χ0n) is 8.73. The molecule has 5 heteroatoms. The Hall–Kier alpha value is -0.640. The monoisotopic (exact) mass is 239 g/mol. The maximum Gasteiger partial charge on any atom is 0.0315 e. The smallest absolute Gasteiger partial charge is 0.0315 e. The van der Waals surface area contributed by atoms with Crippen LogP contribution in [0.5, 0.6) is 0 Å². The quantitative estimate of drug-likeness (QED) is 0.681. The molecule has 14 heavy (non-hydrogen) atoms. The topological polar surface area (TPSA) is 55.3 Å². The molecule has 1 aromatic rings. The van der Waals surface area contributed by atoms with Crippen molar-refractivity contribution in [3.05, 3.63) is 24.3 Å². The van der Waals surface area contributed by atoms with E-state index in [1.54, 1.807) is 24.3 Å². The molecule has 0 saturated heterocycles. The molecule has 4 N–H and O–H groups in total. The van der Waals surface area contributed by atoms with Crippen molar-refractivity contribution in [1.82, 2.24) is 4.90 Å². The van der Waals surface area contributed by atoms with E-state index in [1.165, 1.54) is 0 Å². The molecule has 84 valence electrons. The summed E-state index contributed by atoms with van der Waals surface area (Å²) in [6, 6.07) is 7.09. The summed E-state index contributed by atoms with van der Waals surface area (Å²) in [4.78, 5) is 2.00. The fourth-order valence-corrected chi connectivity index (χ4v) is 0.496. The van der Waals surface area contributed by atoms with E-state index in [0.29, 0.717) is 0 Å². The molecule has 0 aromatic heterocycles. The molecule has 0 radical (unpaired) electrons. The predicted molar refractivity (Wildman–Crippen MR) is 69.4 cm³/mol. The molecule has 0 atom stereocenters. The summed E-state index contributed by atoms with van der Waals surface area (Å²) >= 11 is 0. The highest BCUT2D eigenvalue weighted by molar-refractivity contribution is 5.85. The van der Waals surface area contributed by atoms with E-state index in [1.807, 2.05) is 26.0 Å². The summed E-state index contributed by atoms with van der Waals surface area (Å²) in [5, 5.41) is 0. The molecular formula is C9H19Cl2N3. The van der Waals surface area contributed by atoms with Crippen molar-refractivity contribution in [1.29, 1.82) is 0 Å². The van der Waals surface area contributed by atoms with Gasteiger partial charge < -0.3 is 16.4 Å². The Morgan fingerprint density at radius 3 is 1.07 bits per heavy atom. The molecule has 0 fully saturated rings. The van der Waals surface area contributed by atoms with Gasteiger partial charge in [0.05, 0.1) is 0 Å². The molecular weight excluding hydrogens is 221 g/mol. The van der Waals surface area contributed by atoms with Crippen LogP contribution in [0.3, 0.4) is 0 Å². The zero-order valence-corrected chi connectivity index (χ0v) is 10.4. The van der Waals surface area contributed by atoms with Crippen LogP contribution in [0.15, 0.2) is 24.3 Å². The van der Waals surface area contributed by atoms with Crippen molar-refractivity contribution in [3.63, 3.8) is 0 Å². The van der Waals surface area contributed by atoms with Gasteiger partial charge in [0, 0.05) is 11.4 Å². The summed E-state index contributed by atoms with van der Waals surface area (Å²) in [7, 11) is 6.00. The first-order chi connectivity index (χ1) is 5.52. The molecule has 0 saturated carbocycles. The molecule has 0 bridgehead atoms. The van der Waals surface area contributed by atoms with Crippen LogP contribution in [0.25, 0.3) is 0 Å². The maximum atomic E-state index is 5.37. The summed E-state index contributed by atoms with van der Waals surface area (Å²) in [5.74, 6) is 0. The number of benzene rings is 1. The van der Waals surface area contributed by atoms with Crippen molar-refractivity contribution < 1.29 is 0 Å². The fraction of sp³-hybridized carbons (Fsp3) is 0.333. The number of halogens is 2. The van der Waals surface area contributed by atoms with Crippen LogP contribution in [0.4, 0.5) is 11.4 Å². The Morgan fingerprint density at radius 1 is 0.786 bits per heavy atom. The van der Waals surface area contributed by atoms with Crippen molar-refractivity contribution in [2.24, 2.45) is 0 Å². The Labute approximate surface area is 98.3 Å². The van der Waals surface area contributed by atoms with Gasteiger partial charge in [0.1, 0.15) is 0 Å². The van der Waals surface area contributed by atoms with E-state index in [2.05, 4.69) is 0 Å². The van der Waals surface area contributed by atoms with Gasteiger partial charge in [0.25, 0.3) is 0 Å². The first-order valence-electron chi connectivity index (χ1n) is 3.74. The van der Waals surface area contributed by atoms with Gasteiger partial charge in [-0.1, -0.05) is 0 Å². The number of anilines is 2. The predicted octanol–water partition coefficient (Wildman–Crippen LogP) is 1.87. The minimum absolute atomic E-state index is 0. The molecule has 0 aliphatic carbocycles. The van der Waals surface area contributed by atoms with Gasteiger partial charge in [0.2, 0.25) is 0 Å². The lowest BCUT2D eigenvalue weighted by Crippen LogP contribution is -1.99. The van der Waals surface area contributed by atoms with E-state index in [-0.39, 0.29) is 24.8 Å². The standard InChI is InChI=1S/C6H8N2.C3H9N.2ClH/c7-5-1-2-6(8)4-3-5;1-4(2)3;;/h1-4H,7-8H2;1-3H3;2*1H. The molecule has 0 amide bonds. The molecule has 1 rings (SSSR count). The second-order valence-electron chi connectivity index (χ2n) is 3.01. The van der Waals surface area contributed by atoms with E-state index in [4.69, 9.17) is 11.5 Å². The average molecular weight is 240 g/mol. The van der Waals surface area contributed by atoms with Gasteiger partial charge >= 0.3 is 0 Å². The molecule has 0 aliphatic heterocycles. The largest absolute Gasteiger partial charge is 0.399 e. The van der Waals surface area contributed by atoms with Crippen LogP contribution < -0.4 is 11.5 Å². The molecule has 0 aliphatic rings. The second-order valence-corrected chi connectivity index (χ2v) is 3.01. The highest BCUT2D eigenvalue weighted by Gasteiger charge is 1.80. The number of nitrogen functional groups attached to an aromatic ring is 2. The van der Waals surface area contributed by atoms with E-state index >= 15 is 0 Å². The zero-order chi connectivity index (χ0) is 9.56. The molecule has 0 heterocycles. The molecule has 0 spiro atoms. The van der Waals surface area contributed by atoms with Crippen molar-refractivity contribution in [2.45, 2.75) is 0 Å². The third-order valence-electron chi connectivity index (χ3n) is 0.936. The summed E-state index contributed by atoms with van der Waals surface area (Å²) in [6.07, 6.45) is 0. The summed E-state index contributed by atoms with van der Waals surface area (Å²) < 4.78 is 0. The maximum absolute atomic E-state index is 5.37. The SMILES string of the molecule is CN(C)C.Cl.Cl.Nc1ccc(N)cc1. The number of hydrogen-bond acceptors (Lipinski definition) is 3. The van der Waals surface area contributed by atoms with Gasteiger partial charge in [-0.3, -0.25) is 0 Å². The fourth-order valence-electron chi connectivity index (χ4n) is 0.496. The third-order valence-corrected chi connectivity index (χ3v) is 0.936. The summed E-state index contributed by atoms with van der Waals surface area (Å²) in [5.41, 5.74) is 12.2. The molecule has 3 nitrogen and oxygen atoms in total. The Kier molecular flexibility index (Phi) is 14.2. The van der Waals surface area contributed by atoms with Gasteiger partial charge in [-0.15, -0.1) is 24.8 Å². The Bertz CT molecular complexity index is 188. The normalized spacial score (nSPS) is 7.71. The van der Waals surface area contributed by atoms with Gasteiger partial charge in [-0.25, -0.2) is 0 Å². The van der Waals surface area contributed by atoms with Crippen LogP contribution in [-0.4, -0.2) is 26.0 Å². The van der Waals surface area contributed by atoms with Crippen LogP contribution in [-0.2, 0) is 0 Å². The van der Waals surface area contributed by atoms with Crippen LogP contribution >= 0.6 is 24.8 Å². The number of nitrogens with two attached hydrogens (primary N) is 2. The van der Waals surface area contributed by atoms with Gasteiger partial charge in [0.15, 0.2) is 0 Å². The average Bonchev–Trinajstić information content (AvgIpc) is 1.94. The first kappa shape index (κ1) is 19.0. The lowest BCUT2D eigenvalue weighted by atomic mass is 10.3. The lowest BCUT2D eigenvalue weighted by molar-refractivity contribution is 0.505. The van der Waals surface area contributed by atoms with Crippen molar-refractivity contribution in [3.8, 4) is 0 Å². The Morgan fingerprint density at radius 2 is 0.929 bits per heavy atom. The number of hydrogen-bond donors (Lipinski definition) is 2. The molecule has 0 unspecified atom stereocenters. The third kappa shape index (κ3) is 13.9. The van der Waals surface area contributed by atoms with E-state index in [9.17, 15) is 0 Å². The lowest BCUT2D eigenvalue weighted by Gasteiger charge is -1.90. The second kappa shape index (κ2) is 10.4. The molecule has 1 aromatic carbocycles. The van der Waals surface area contributed by atoms with Gasteiger partial charge in [-0.2, -0.15) is 0 Å². The van der Waals surface area contributed by atoms with Crippen molar-refractivity contribution >= 4 is 36.2 Å². The number of rotatable bonds is 0. The van der Waals surface area contributed by atoms with Crippen molar-refractivity contribution in [2.75, 3.05) is 32.6 Å².